The van der Waals surface area contributed by atoms with Crippen molar-refractivity contribution in [1.29, 1.82) is 0 Å². The van der Waals surface area contributed by atoms with Gasteiger partial charge in [-0.1, -0.05) is 0 Å². The molecule has 2 atom stereocenters. The summed E-state index contributed by atoms with van der Waals surface area (Å²) in [6.07, 6.45) is -5.75. The molecule has 0 saturated heterocycles. The summed E-state index contributed by atoms with van der Waals surface area (Å²) in [5, 5.41) is 17.2. The first-order valence-corrected chi connectivity index (χ1v) is 6.06. The average molecular weight is 334 g/mol. The van der Waals surface area contributed by atoms with Crippen molar-refractivity contribution in [2.45, 2.75) is 38.9 Å². The van der Waals surface area contributed by atoms with Crippen LogP contribution in [0.15, 0.2) is 0 Å². The van der Waals surface area contributed by atoms with Gasteiger partial charge in [0.15, 0.2) is 0 Å². The average Bonchev–Trinajstić information content (AvgIpc) is 2.34. The van der Waals surface area contributed by atoms with Crippen LogP contribution in [0, 0.1) is 0 Å². The minimum Gasteiger partial charge on any atom is -0.481 e. The number of hydrogen-bond acceptors (Lipinski definition) is 9. The van der Waals surface area contributed by atoms with Gasteiger partial charge in [0.2, 0.25) is 12.2 Å². The normalized spacial score (nSPS) is 12.4. The second-order valence-corrected chi connectivity index (χ2v) is 4.13. The first-order chi connectivity index (χ1) is 10.5. The Morgan fingerprint density at radius 3 is 1.26 bits per heavy atom. The minimum atomic E-state index is -1.91. The maximum absolute atomic E-state index is 11.6. The number of hydrogen-bond donors (Lipinski definition) is 2. The topological polar surface area (TPSA) is 171 Å². The first-order valence-electron chi connectivity index (χ1n) is 6.06. The van der Waals surface area contributed by atoms with Crippen LogP contribution >= 0.6 is 0 Å². The SMILES string of the molecule is CC(=O)OC(CC(=O)O)C(=O)OC(=O)C(CC(=O)O)OC(C)=O. The monoisotopic (exact) mass is 334 g/mol. The van der Waals surface area contributed by atoms with Gasteiger partial charge in [0.25, 0.3) is 0 Å². The van der Waals surface area contributed by atoms with Gasteiger partial charge in [-0.25, -0.2) is 9.59 Å². The lowest BCUT2D eigenvalue weighted by atomic mass is 10.2. The van der Waals surface area contributed by atoms with Crippen molar-refractivity contribution < 1.29 is 53.2 Å². The third-order valence-corrected chi connectivity index (χ3v) is 2.06. The molecule has 0 heterocycles. The van der Waals surface area contributed by atoms with E-state index in [4.69, 9.17) is 10.2 Å². The first kappa shape index (κ1) is 20.0. The van der Waals surface area contributed by atoms with Crippen LogP contribution in [0.5, 0.6) is 0 Å². The third kappa shape index (κ3) is 8.80. The summed E-state index contributed by atoms with van der Waals surface area (Å²) in [5.74, 6) is -8.08. The van der Waals surface area contributed by atoms with Crippen LogP contribution in [-0.4, -0.2) is 58.2 Å². The molecule has 0 aliphatic heterocycles. The maximum atomic E-state index is 11.6. The van der Waals surface area contributed by atoms with Crippen molar-refractivity contribution in [3.05, 3.63) is 0 Å². The van der Waals surface area contributed by atoms with E-state index < -0.39 is 60.9 Å². The number of carboxylic acid groups (broad SMARTS) is 2. The van der Waals surface area contributed by atoms with Crippen LogP contribution in [0.3, 0.4) is 0 Å². The van der Waals surface area contributed by atoms with Gasteiger partial charge in [0.05, 0.1) is 12.8 Å². The van der Waals surface area contributed by atoms with Crippen LogP contribution in [0.1, 0.15) is 26.7 Å². The molecule has 0 rings (SSSR count). The Balaban J connectivity index is 4.99. The molecule has 0 fully saturated rings. The summed E-state index contributed by atoms with van der Waals surface area (Å²) >= 11 is 0. The predicted octanol–water partition coefficient (Wildman–Crippen LogP) is -1.13. The molecule has 128 valence electrons. The van der Waals surface area contributed by atoms with Crippen LogP contribution in [-0.2, 0) is 43.0 Å². The van der Waals surface area contributed by atoms with Gasteiger partial charge < -0.3 is 24.4 Å². The number of carbonyl (C=O) groups is 6. The molecular formula is C12H14O11. The van der Waals surface area contributed by atoms with E-state index in [0.29, 0.717) is 0 Å². The Bertz CT molecular complexity index is 443. The second-order valence-electron chi connectivity index (χ2n) is 4.13. The standard InChI is InChI=1S/C12H14O11/c1-5(13)21-7(3-9(15)16)11(19)23-12(20)8(4-10(17)18)22-6(2)14/h7-8H,3-4H2,1-2H3,(H,15,16)(H,17,18). The van der Waals surface area contributed by atoms with E-state index >= 15 is 0 Å². The third-order valence-electron chi connectivity index (χ3n) is 2.06. The zero-order valence-electron chi connectivity index (χ0n) is 12.1. The van der Waals surface area contributed by atoms with Gasteiger partial charge in [-0.2, -0.15) is 0 Å². The van der Waals surface area contributed by atoms with E-state index in [0.717, 1.165) is 13.8 Å². The molecule has 11 heteroatoms. The zero-order chi connectivity index (χ0) is 18.2. The van der Waals surface area contributed by atoms with E-state index in [1.165, 1.54) is 0 Å². The molecule has 0 aliphatic carbocycles. The van der Waals surface area contributed by atoms with Gasteiger partial charge in [0, 0.05) is 13.8 Å². The Morgan fingerprint density at radius 2 is 1.04 bits per heavy atom. The number of carboxylic acids is 2. The lowest BCUT2D eigenvalue weighted by Gasteiger charge is -2.16. The quantitative estimate of drug-likeness (QED) is 0.312. The van der Waals surface area contributed by atoms with Crippen molar-refractivity contribution in [2.24, 2.45) is 0 Å². The molecule has 0 radical (unpaired) electrons. The number of aliphatic carboxylic acids is 2. The Hall–Kier alpha value is -2.98. The highest BCUT2D eigenvalue weighted by Crippen LogP contribution is 2.08. The molecular weight excluding hydrogens is 320 g/mol. The van der Waals surface area contributed by atoms with Gasteiger partial charge in [-0.3, -0.25) is 19.2 Å². The van der Waals surface area contributed by atoms with Crippen molar-refractivity contribution in [1.82, 2.24) is 0 Å². The summed E-state index contributed by atoms with van der Waals surface area (Å²) in [4.78, 5) is 66.0. The molecule has 2 N–H and O–H groups in total. The number of rotatable bonds is 8. The smallest absolute Gasteiger partial charge is 0.355 e. The molecule has 0 spiro atoms. The zero-order valence-corrected chi connectivity index (χ0v) is 12.1. The summed E-state index contributed by atoms with van der Waals surface area (Å²) < 4.78 is 13.0. The molecule has 0 aliphatic rings. The van der Waals surface area contributed by atoms with Crippen LogP contribution < -0.4 is 0 Å². The minimum absolute atomic E-state index is 0.899. The highest BCUT2D eigenvalue weighted by atomic mass is 16.6. The highest BCUT2D eigenvalue weighted by molar-refractivity contribution is 5.94. The predicted molar refractivity (Wildman–Crippen MR) is 66.7 cm³/mol. The molecule has 0 saturated carbocycles. The Labute approximate surface area is 129 Å². The van der Waals surface area contributed by atoms with E-state index in [9.17, 15) is 28.8 Å². The lowest BCUT2D eigenvalue weighted by molar-refractivity contribution is -0.183. The van der Waals surface area contributed by atoms with Crippen LogP contribution in [0.25, 0.3) is 0 Å². The molecule has 0 aromatic heterocycles. The van der Waals surface area contributed by atoms with Crippen molar-refractivity contribution >= 4 is 35.8 Å². The fourth-order valence-corrected chi connectivity index (χ4v) is 1.29. The molecule has 0 amide bonds. The fourth-order valence-electron chi connectivity index (χ4n) is 1.29. The van der Waals surface area contributed by atoms with Crippen molar-refractivity contribution in [3.63, 3.8) is 0 Å². The van der Waals surface area contributed by atoms with E-state index in [2.05, 4.69) is 14.2 Å². The van der Waals surface area contributed by atoms with Crippen molar-refractivity contribution in [3.8, 4) is 0 Å². The molecule has 2 unspecified atom stereocenters. The van der Waals surface area contributed by atoms with Gasteiger partial charge in [-0.15, -0.1) is 0 Å². The molecule has 11 nitrogen and oxygen atoms in total. The van der Waals surface area contributed by atoms with E-state index in [1.54, 1.807) is 0 Å². The summed E-state index contributed by atoms with van der Waals surface area (Å²) in [6, 6.07) is 0. The molecule has 0 aromatic carbocycles. The van der Waals surface area contributed by atoms with Crippen LogP contribution in [0.4, 0.5) is 0 Å². The van der Waals surface area contributed by atoms with Gasteiger partial charge >= 0.3 is 35.8 Å². The second kappa shape index (κ2) is 9.12. The highest BCUT2D eigenvalue weighted by Gasteiger charge is 2.33. The largest absolute Gasteiger partial charge is 0.481 e. The van der Waals surface area contributed by atoms with E-state index in [-0.39, 0.29) is 0 Å². The maximum Gasteiger partial charge on any atom is 0.355 e. The van der Waals surface area contributed by atoms with Gasteiger partial charge in [0.1, 0.15) is 0 Å². The van der Waals surface area contributed by atoms with Gasteiger partial charge in [-0.05, 0) is 0 Å². The fraction of sp³-hybridized carbons (Fsp3) is 0.500. The summed E-state index contributed by atoms with van der Waals surface area (Å²) in [7, 11) is 0. The van der Waals surface area contributed by atoms with Crippen molar-refractivity contribution in [2.75, 3.05) is 0 Å². The number of ether oxygens (including phenoxy) is 3. The van der Waals surface area contributed by atoms with E-state index in [1.807, 2.05) is 0 Å². The number of esters is 4. The number of carbonyl (C=O) groups excluding carboxylic acids is 4. The Morgan fingerprint density at radius 1 is 0.739 bits per heavy atom. The molecule has 0 bridgehead atoms. The summed E-state index contributed by atoms with van der Waals surface area (Å²) in [6.45, 7) is 1.80. The Kier molecular flexibility index (Phi) is 7.94. The lowest BCUT2D eigenvalue weighted by Crippen LogP contribution is -2.37. The molecule has 23 heavy (non-hydrogen) atoms. The summed E-state index contributed by atoms with van der Waals surface area (Å²) in [5.41, 5.74) is 0. The molecule has 0 aromatic rings. The van der Waals surface area contributed by atoms with Crippen LogP contribution in [0.2, 0.25) is 0 Å².